The monoisotopic (exact) mass is 294 g/mol. The summed E-state index contributed by atoms with van der Waals surface area (Å²) in [5.74, 6) is 1.85. The average molecular weight is 294 g/mol. The van der Waals surface area contributed by atoms with Gasteiger partial charge in [-0.2, -0.15) is 4.98 Å². The van der Waals surface area contributed by atoms with Gasteiger partial charge < -0.3 is 9.26 Å². The van der Waals surface area contributed by atoms with Gasteiger partial charge in [0.1, 0.15) is 5.75 Å². The second-order valence-electron chi connectivity index (χ2n) is 5.40. The number of benzene rings is 2. The Morgan fingerprint density at radius 1 is 1.00 bits per heavy atom. The fourth-order valence-corrected chi connectivity index (χ4v) is 2.24. The van der Waals surface area contributed by atoms with Crippen LogP contribution in [0.3, 0.4) is 0 Å². The van der Waals surface area contributed by atoms with E-state index in [1.54, 1.807) is 0 Å². The van der Waals surface area contributed by atoms with Crippen LogP contribution in [-0.2, 0) is 0 Å². The molecule has 0 fully saturated rings. The van der Waals surface area contributed by atoms with Crippen LogP contribution in [0.4, 0.5) is 0 Å². The molecule has 0 radical (unpaired) electrons. The zero-order valence-electron chi connectivity index (χ0n) is 12.9. The molecule has 0 aliphatic heterocycles. The van der Waals surface area contributed by atoms with Crippen LogP contribution in [0.5, 0.6) is 5.75 Å². The molecule has 3 aromatic rings. The molecule has 0 aliphatic carbocycles. The first-order valence-electron chi connectivity index (χ1n) is 7.26. The van der Waals surface area contributed by atoms with E-state index in [1.165, 1.54) is 0 Å². The third kappa shape index (κ3) is 3.17. The van der Waals surface area contributed by atoms with Crippen molar-refractivity contribution in [2.45, 2.75) is 26.9 Å². The molecule has 0 N–H and O–H groups in total. The Morgan fingerprint density at radius 2 is 1.73 bits per heavy atom. The van der Waals surface area contributed by atoms with Crippen LogP contribution in [0.15, 0.2) is 53.1 Å². The van der Waals surface area contributed by atoms with Crippen molar-refractivity contribution in [3.8, 4) is 17.1 Å². The van der Waals surface area contributed by atoms with E-state index in [4.69, 9.17) is 9.26 Å². The highest BCUT2D eigenvalue weighted by Crippen LogP contribution is 2.24. The zero-order valence-corrected chi connectivity index (χ0v) is 12.9. The molecule has 4 nitrogen and oxygen atoms in total. The van der Waals surface area contributed by atoms with Crippen LogP contribution >= 0.6 is 0 Å². The number of nitrogens with zero attached hydrogens (tertiary/aromatic N) is 2. The van der Waals surface area contributed by atoms with E-state index in [0.29, 0.717) is 11.7 Å². The van der Waals surface area contributed by atoms with Gasteiger partial charge in [0.15, 0.2) is 6.10 Å². The first kappa shape index (κ1) is 14.3. The summed E-state index contributed by atoms with van der Waals surface area (Å²) >= 11 is 0. The summed E-state index contributed by atoms with van der Waals surface area (Å²) < 4.78 is 11.2. The van der Waals surface area contributed by atoms with Crippen LogP contribution in [-0.4, -0.2) is 10.1 Å². The molecule has 1 aromatic heterocycles. The second-order valence-corrected chi connectivity index (χ2v) is 5.40. The molecule has 1 atom stereocenters. The van der Waals surface area contributed by atoms with E-state index in [2.05, 4.69) is 10.1 Å². The molecule has 4 heteroatoms. The lowest BCUT2D eigenvalue weighted by Crippen LogP contribution is -2.03. The molecule has 0 saturated carbocycles. The van der Waals surface area contributed by atoms with Crippen molar-refractivity contribution in [2.24, 2.45) is 0 Å². The average Bonchev–Trinajstić information content (AvgIpc) is 2.97. The van der Waals surface area contributed by atoms with Gasteiger partial charge in [0.2, 0.25) is 5.82 Å². The van der Waals surface area contributed by atoms with E-state index >= 15 is 0 Å². The Morgan fingerprint density at radius 3 is 2.45 bits per heavy atom. The summed E-state index contributed by atoms with van der Waals surface area (Å²) in [7, 11) is 0. The maximum absolute atomic E-state index is 5.86. The van der Waals surface area contributed by atoms with Crippen molar-refractivity contribution in [3.05, 3.63) is 65.5 Å². The predicted octanol–water partition coefficient (Wildman–Crippen LogP) is 4.49. The minimum Gasteiger partial charge on any atom is -0.481 e. The smallest absolute Gasteiger partial charge is 0.267 e. The molecule has 2 aromatic carbocycles. The van der Waals surface area contributed by atoms with Gasteiger partial charge in [-0.25, -0.2) is 0 Å². The summed E-state index contributed by atoms with van der Waals surface area (Å²) in [6.45, 7) is 5.96. The summed E-state index contributed by atoms with van der Waals surface area (Å²) in [5.41, 5.74) is 3.25. The molecule has 0 amide bonds. The SMILES string of the molecule is Cc1cccc(OC(C)c2nc(-c3cccc(C)c3)no2)c1. The van der Waals surface area contributed by atoms with E-state index < -0.39 is 0 Å². The zero-order chi connectivity index (χ0) is 15.5. The third-order valence-corrected chi connectivity index (χ3v) is 3.37. The predicted molar refractivity (Wildman–Crippen MR) is 84.7 cm³/mol. The summed E-state index contributed by atoms with van der Waals surface area (Å²) in [6, 6.07) is 15.9. The fraction of sp³-hybridized carbons (Fsp3) is 0.222. The van der Waals surface area contributed by atoms with Crippen LogP contribution in [0, 0.1) is 13.8 Å². The number of aromatic nitrogens is 2. The van der Waals surface area contributed by atoms with E-state index in [9.17, 15) is 0 Å². The Balaban J connectivity index is 1.78. The van der Waals surface area contributed by atoms with Crippen molar-refractivity contribution in [1.82, 2.24) is 10.1 Å². The van der Waals surface area contributed by atoms with Crippen molar-refractivity contribution >= 4 is 0 Å². The maximum Gasteiger partial charge on any atom is 0.267 e. The fourth-order valence-electron chi connectivity index (χ4n) is 2.24. The topological polar surface area (TPSA) is 48.2 Å². The number of hydrogen-bond acceptors (Lipinski definition) is 4. The van der Waals surface area contributed by atoms with Gasteiger partial charge in [0, 0.05) is 5.56 Å². The molecular weight excluding hydrogens is 276 g/mol. The molecule has 0 saturated heterocycles. The largest absolute Gasteiger partial charge is 0.481 e. The molecule has 1 unspecified atom stereocenters. The highest BCUT2D eigenvalue weighted by Gasteiger charge is 2.17. The minimum absolute atomic E-state index is 0.298. The number of hydrogen-bond donors (Lipinski definition) is 0. The lowest BCUT2D eigenvalue weighted by atomic mass is 10.1. The first-order chi connectivity index (χ1) is 10.6. The molecule has 0 spiro atoms. The molecular formula is C18H18N2O2. The molecule has 3 rings (SSSR count). The summed E-state index contributed by atoms with van der Waals surface area (Å²) in [4.78, 5) is 4.44. The Labute approximate surface area is 129 Å². The molecule has 112 valence electrons. The van der Waals surface area contributed by atoms with E-state index in [1.807, 2.05) is 69.3 Å². The van der Waals surface area contributed by atoms with Crippen LogP contribution in [0.25, 0.3) is 11.4 Å². The molecule has 22 heavy (non-hydrogen) atoms. The normalized spacial score (nSPS) is 12.1. The van der Waals surface area contributed by atoms with Gasteiger partial charge in [-0.3, -0.25) is 0 Å². The molecule has 0 aliphatic rings. The van der Waals surface area contributed by atoms with Gasteiger partial charge in [0.25, 0.3) is 5.89 Å². The first-order valence-corrected chi connectivity index (χ1v) is 7.26. The third-order valence-electron chi connectivity index (χ3n) is 3.37. The van der Waals surface area contributed by atoms with E-state index in [-0.39, 0.29) is 6.10 Å². The van der Waals surface area contributed by atoms with Gasteiger partial charge >= 0.3 is 0 Å². The second kappa shape index (κ2) is 6.02. The maximum atomic E-state index is 5.86. The minimum atomic E-state index is -0.298. The number of aryl methyl sites for hydroxylation is 2. The quantitative estimate of drug-likeness (QED) is 0.711. The van der Waals surface area contributed by atoms with Crippen molar-refractivity contribution < 1.29 is 9.26 Å². The highest BCUT2D eigenvalue weighted by molar-refractivity contribution is 5.55. The highest BCUT2D eigenvalue weighted by atomic mass is 16.5. The summed E-state index contributed by atoms with van der Waals surface area (Å²) in [5, 5.41) is 4.04. The van der Waals surface area contributed by atoms with Crippen LogP contribution < -0.4 is 4.74 Å². The van der Waals surface area contributed by atoms with Gasteiger partial charge in [0.05, 0.1) is 0 Å². The van der Waals surface area contributed by atoms with Gasteiger partial charge in [-0.1, -0.05) is 41.1 Å². The van der Waals surface area contributed by atoms with Crippen molar-refractivity contribution in [1.29, 1.82) is 0 Å². The van der Waals surface area contributed by atoms with Crippen LogP contribution in [0.1, 0.15) is 30.0 Å². The van der Waals surface area contributed by atoms with Gasteiger partial charge in [-0.05, 0) is 44.5 Å². The molecule has 1 heterocycles. The molecule has 0 bridgehead atoms. The Kier molecular flexibility index (Phi) is 3.92. The summed E-state index contributed by atoms with van der Waals surface area (Å²) in [6.07, 6.45) is -0.298. The lowest BCUT2D eigenvalue weighted by Gasteiger charge is -2.10. The number of ether oxygens (including phenoxy) is 1. The van der Waals surface area contributed by atoms with E-state index in [0.717, 1.165) is 22.4 Å². The standard InChI is InChI=1S/C18H18N2O2/c1-12-6-4-8-15(10-12)17-19-18(22-20-17)14(3)21-16-9-5-7-13(2)11-16/h4-11,14H,1-3H3. The van der Waals surface area contributed by atoms with Crippen molar-refractivity contribution in [2.75, 3.05) is 0 Å². The lowest BCUT2D eigenvalue weighted by molar-refractivity contribution is 0.175. The number of rotatable bonds is 4. The van der Waals surface area contributed by atoms with Gasteiger partial charge in [-0.15, -0.1) is 0 Å². The Hall–Kier alpha value is -2.62. The van der Waals surface area contributed by atoms with Crippen LogP contribution in [0.2, 0.25) is 0 Å². The Bertz CT molecular complexity index is 780. The van der Waals surface area contributed by atoms with Crippen molar-refractivity contribution in [3.63, 3.8) is 0 Å².